The molecule has 0 bridgehead atoms. The number of Topliss-reactive ketones (excluding diaryl/α,β-unsaturated/α-hetero) is 1. The molecule has 0 radical (unpaired) electrons. The zero-order valence-electron chi connectivity index (χ0n) is 36.7. The van der Waals surface area contributed by atoms with Gasteiger partial charge in [-0.2, -0.15) is 0 Å². The van der Waals surface area contributed by atoms with E-state index in [0.29, 0.717) is 30.8 Å². The molecule has 6 aliphatic carbocycles. The van der Waals surface area contributed by atoms with Crippen LogP contribution in [0, 0.1) is 56.2 Å². The summed E-state index contributed by atoms with van der Waals surface area (Å²) in [5, 5.41) is 22.4. The van der Waals surface area contributed by atoms with E-state index in [-0.39, 0.29) is 51.8 Å². The Labute approximate surface area is 334 Å². The van der Waals surface area contributed by atoms with Crippen molar-refractivity contribution in [3.8, 4) is 0 Å². The lowest BCUT2D eigenvalue weighted by molar-refractivity contribution is -0.235. The molecule has 5 fully saturated rings. The molecule has 55 heavy (non-hydrogen) atoms. The van der Waals surface area contributed by atoms with E-state index in [4.69, 9.17) is 4.74 Å². The lowest BCUT2D eigenvalue weighted by atomic mass is 9.33. The van der Waals surface area contributed by atoms with Gasteiger partial charge in [0.05, 0.1) is 17.9 Å². The van der Waals surface area contributed by atoms with E-state index >= 15 is 0 Å². The predicted octanol–water partition coefficient (Wildman–Crippen LogP) is 8.94. The van der Waals surface area contributed by atoms with Gasteiger partial charge in [-0.25, -0.2) is 0 Å². The van der Waals surface area contributed by atoms with Gasteiger partial charge >= 0.3 is 11.9 Å². The Balaban J connectivity index is 1.29. The highest BCUT2D eigenvalue weighted by Crippen LogP contribution is 2.77. The number of carbonyl (C=O) groups excluding carboxylic acids is 2. The van der Waals surface area contributed by atoms with Gasteiger partial charge in [0, 0.05) is 42.9 Å². The predicted molar refractivity (Wildman–Crippen MR) is 218 cm³/mol. The molecule has 5 saturated carbocycles. The van der Waals surface area contributed by atoms with Crippen LogP contribution in [0.5, 0.6) is 0 Å². The molecule has 0 aromatic heterocycles. The molecular weight excluding hydrogens is 689 g/mol. The summed E-state index contributed by atoms with van der Waals surface area (Å²) in [6, 6.07) is 0.507. The highest BCUT2D eigenvalue weighted by molar-refractivity contribution is 6.00. The molecule has 0 saturated heterocycles. The average molecular weight is 767 g/mol. The molecule has 8 nitrogen and oxygen atoms in total. The zero-order chi connectivity index (χ0) is 40.5. The van der Waals surface area contributed by atoms with Crippen molar-refractivity contribution in [3.63, 3.8) is 0 Å². The number of ketones is 1. The summed E-state index contributed by atoms with van der Waals surface area (Å²) in [5.41, 5.74) is 0.699. The van der Waals surface area contributed by atoms with Gasteiger partial charge < -0.3 is 19.8 Å². The van der Waals surface area contributed by atoms with Crippen LogP contribution in [0.3, 0.4) is 0 Å². The van der Waals surface area contributed by atoms with Gasteiger partial charge in [-0.15, -0.1) is 0 Å². The Morgan fingerprint density at radius 1 is 0.855 bits per heavy atom. The van der Waals surface area contributed by atoms with Gasteiger partial charge in [0.2, 0.25) is 0 Å². The van der Waals surface area contributed by atoms with E-state index < -0.39 is 28.9 Å². The van der Waals surface area contributed by atoms with Crippen molar-refractivity contribution in [2.24, 2.45) is 56.2 Å². The number of carboxylic acid groups (broad SMARTS) is 1. The molecule has 0 aromatic carbocycles. The maximum Gasteiger partial charge on any atom is 0.309 e. The SMILES string of the molecule is CC(C)C1=C2C3CC[C@@H]4[C@@]5(C)CC[C@H](OC(=O)CC(C)(C)C(=O)O)C(C)(C)[C@@H]5CC[C@@]4(C)[C@]3(C)CC[C@@]2(C(O)CN(CCN(C)C)C2CCCCC2)CC1=O. The molecule has 8 heteroatoms. The van der Waals surface area contributed by atoms with E-state index in [1.807, 2.05) is 0 Å². The molecule has 312 valence electrons. The minimum Gasteiger partial charge on any atom is -0.481 e. The van der Waals surface area contributed by atoms with E-state index in [1.54, 1.807) is 13.8 Å². The van der Waals surface area contributed by atoms with E-state index in [2.05, 4.69) is 72.4 Å². The van der Waals surface area contributed by atoms with E-state index in [9.17, 15) is 24.6 Å². The topological polar surface area (TPSA) is 107 Å². The third-order valence-electron chi connectivity index (χ3n) is 17.8. The summed E-state index contributed by atoms with van der Waals surface area (Å²) in [5.74, 6) is 0.214. The normalized spacial score (nSPS) is 38.4. The number of fused-ring (bicyclic) bond motifs is 7. The standard InChI is InChI=1S/C47H78N2O6/c1-30(2)39-33(50)27-47(36(51)29-49(26-25-48(10)11)31-15-13-12-14-16-31)24-23-45(8)32(40(39)47)17-18-35-44(7)21-20-37(55-38(52)28-42(3,4)41(53)54)43(5,6)34(44)19-22-46(35,45)9/h30-32,34-37,51H,12-29H2,1-11H3,(H,53,54)/t32?,34-,35+,36?,37-,44-,45+,46+,47-/m0/s1. The minimum absolute atomic E-state index is 0.0110. The van der Waals surface area contributed by atoms with Crippen LogP contribution in [0.2, 0.25) is 0 Å². The summed E-state index contributed by atoms with van der Waals surface area (Å²) < 4.78 is 6.20. The van der Waals surface area contributed by atoms with Crippen LogP contribution in [-0.2, 0) is 19.1 Å². The van der Waals surface area contributed by atoms with Crippen LogP contribution >= 0.6 is 0 Å². The molecule has 0 aliphatic heterocycles. The van der Waals surface area contributed by atoms with Crippen LogP contribution in [-0.4, -0.2) is 89.7 Å². The first-order chi connectivity index (χ1) is 25.5. The summed E-state index contributed by atoms with van der Waals surface area (Å²) in [4.78, 5) is 44.1. The van der Waals surface area contributed by atoms with Crippen molar-refractivity contribution in [3.05, 3.63) is 11.1 Å². The quantitative estimate of drug-likeness (QED) is 0.190. The van der Waals surface area contributed by atoms with Gasteiger partial charge in [0.1, 0.15) is 6.10 Å². The number of carbonyl (C=O) groups is 3. The monoisotopic (exact) mass is 767 g/mol. The van der Waals surface area contributed by atoms with Crippen LogP contribution in [0.15, 0.2) is 11.1 Å². The number of aliphatic carboxylic acids is 1. The number of esters is 1. The van der Waals surface area contributed by atoms with Crippen molar-refractivity contribution in [1.29, 1.82) is 0 Å². The molecule has 6 aliphatic rings. The van der Waals surface area contributed by atoms with Crippen molar-refractivity contribution in [1.82, 2.24) is 9.80 Å². The fraction of sp³-hybridized carbons (Fsp3) is 0.894. The lowest BCUT2D eigenvalue weighted by Gasteiger charge is -2.72. The molecule has 9 atom stereocenters. The van der Waals surface area contributed by atoms with Crippen molar-refractivity contribution in [2.45, 2.75) is 177 Å². The number of rotatable bonds is 12. The number of aliphatic hydroxyl groups is 1. The van der Waals surface area contributed by atoms with Crippen molar-refractivity contribution < 1.29 is 29.3 Å². The third-order valence-corrected chi connectivity index (χ3v) is 17.8. The molecule has 6 rings (SSSR count). The Morgan fingerprint density at radius 2 is 1.53 bits per heavy atom. The molecule has 0 spiro atoms. The average Bonchev–Trinajstić information content (AvgIpc) is 3.41. The molecular formula is C47H78N2O6. The lowest BCUT2D eigenvalue weighted by Crippen LogP contribution is -2.66. The number of hydrogen-bond acceptors (Lipinski definition) is 7. The second-order valence-electron chi connectivity index (χ2n) is 22.2. The van der Waals surface area contributed by atoms with Gasteiger partial charge in [-0.05, 0) is 138 Å². The summed E-state index contributed by atoms with van der Waals surface area (Å²) in [6.07, 6.45) is 13.8. The molecule has 0 aromatic rings. The molecule has 0 heterocycles. The summed E-state index contributed by atoms with van der Waals surface area (Å²) >= 11 is 0. The number of nitrogens with zero attached hydrogens (tertiary/aromatic N) is 2. The van der Waals surface area contributed by atoms with Crippen molar-refractivity contribution >= 4 is 17.7 Å². The fourth-order valence-electron chi connectivity index (χ4n) is 14.5. The second kappa shape index (κ2) is 15.1. The molecule has 0 amide bonds. The number of aliphatic hydroxyl groups excluding tert-OH is 1. The van der Waals surface area contributed by atoms with E-state index in [1.165, 1.54) is 37.7 Å². The fourth-order valence-corrected chi connectivity index (χ4v) is 14.5. The van der Waals surface area contributed by atoms with Gasteiger partial charge in [0.25, 0.3) is 0 Å². The van der Waals surface area contributed by atoms with Gasteiger partial charge in [-0.1, -0.05) is 73.3 Å². The number of ether oxygens (including phenoxy) is 1. The molecule has 2 N–H and O–H groups in total. The van der Waals surface area contributed by atoms with Crippen LogP contribution in [0.1, 0.15) is 159 Å². The molecule has 2 unspecified atom stereocenters. The van der Waals surface area contributed by atoms with E-state index in [0.717, 1.165) is 70.0 Å². The Kier molecular flexibility index (Phi) is 11.8. The summed E-state index contributed by atoms with van der Waals surface area (Å²) in [6.45, 7) is 22.5. The third kappa shape index (κ3) is 7.10. The number of likely N-dealkylation sites (N-methyl/N-ethyl adjacent to an activating group) is 1. The second-order valence-corrected chi connectivity index (χ2v) is 22.2. The number of carboxylic acids is 1. The van der Waals surface area contributed by atoms with Crippen LogP contribution in [0.25, 0.3) is 0 Å². The number of allylic oxidation sites excluding steroid dienone is 1. The Bertz CT molecular complexity index is 1510. The number of hydrogen-bond donors (Lipinski definition) is 2. The maximum atomic E-state index is 14.3. The largest absolute Gasteiger partial charge is 0.481 e. The highest BCUT2D eigenvalue weighted by Gasteiger charge is 2.71. The van der Waals surface area contributed by atoms with Crippen LogP contribution in [0.4, 0.5) is 0 Å². The highest BCUT2D eigenvalue weighted by atomic mass is 16.5. The Morgan fingerprint density at radius 3 is 2.15 bits per heavy atom. The van der Waals surface area contributed by atoms with Gasteiger partial charge in [-0.3, -0.25) is 19.3 Å². The summed E-state index contributed by atoms with van der Waals surface area (Å²) in [7, 11) is 4.28. The Hall–Kier alpha value is -1.77. The zero-order valence-corrected chi connectivity index (χ0v) is 36.7. The maximum absolute atomic E-state index is 14.3. The van der Waals surface area contributed by atoms with Crippen molar-refractivity contribution in [2.75, 3.05) is 33.7 Å². The minimum atomic E-state index is -1.16. The first-order valence-electron chi connectivity index (χ1n) is 22.3. The van der Waals surface area contributed by atoms with Crippen LogP contribution < -0.4 is 0 Å². The first kappa shape index (κ1) is 42.8. The smallest absolute Gasteiger partial charge is 0.309 e. The van der Waals surface area contributed by atoms with Gasteiger partial charge in [0.15, 0.2) is 5.78 Å². The first-order valence-corrected chi connectivity index (χ1v) is 22.3.